The van der Waals surface area contributed by atoms with E-state index in [4.69, 9.17) is 9.84 Å². The van der Waals surface area contributed by atoms with Gasteiger partial charge in [0.15, 0.2) is 9.84 Å². The van der Waals surface area contributed by atoms with Crippen molar-refractivity contribution in [3.8, 4) is 5.75 Å². The van der Waals surface area contributed by atoms with Crippen LogP contribution in [-0.2, 0) is 19.4 Å². The van der Waals surface area contributed by atoms with Crippen molar-refractivity contribution in [3.05, 3.63) is 48.7 Å². The number of nitrogens with zero attached hydrogens (tertiary/aromatic N) is 1. The lowest BCUT2D eigenvalue weighted by atomic mass is 9.81. The zero-order valence-electron chi connectivity index (χ0n) is 24.0. The second-order valence-corrected chi connectivity index (χ2v) is 13.9. The number of carboxylic acid groups (broad SMARTS) is 1. The number of ether oxygens (including phenoxy) is 1. The van der Waals surface area contributed by atoms with E-state index in [2.05, 4.69) is 24.1 Å². The molecule has 1 unspecified atom stereocenters. The molecule has 2 aromatic rings. The Kier molecular flexibility index (Phi) is 10.1. The van der Waals surface area contributed by atoms with Gasteiger partial charge in [0.25, 0.3) is 0 Å². The first-order chi connectivity index (χ1) is 19.6. The lowest BCUT2D eigenvalue weighted by molar-refractivity contribution is -0.131. The molecule has 1 fully saturated rings. The van der Waals surface area contributed by atoms with Gasteiger partial charge in [-0.25, -0.2) is 13.2 Å². The number of carbonyl (C=O) groups is 2. The number of carbonyl (C=O) groups excluding carboxylic acids is 1. The van der Waals surface area contributed by atoms with Crippen molar-refractivity contribution in [2.24, 2.45) is 11.3 Å². The third kappa shape index (κ3) is 7.27. The van der Waals surface area contributed by atoms with Crippen LogP contribution in [0.3, 0.4) is 0 Å². The molecule has 1 heterocycles. The number of fused-ring (bicyclic) bond motifs is 1. The van der Waals surface area contributed by atoms with E-state index in [1.807, 2.05) is 36.6 Å². The van der Waals surface area contributed by atoms with Crippen LogP contribution in [0.2, 0.25) is 0 Å². The summed E-state index contributed by atoms with van der Waals surface area (Å²) in [5.74, 6) is -0.734. The number of aliphatic carboxylic acids is 1. The summed E-state index contributed by atoms with van der Waals surface area (Å²) >= 11 is 1.40. The van der Waals surface area contributed by atoms with Crippen LogP contribution in [0.5, 0.6) is 5.75 Å². The predicted octanol–water partition coefficient (Wildman–Crippen LogP) is 7.03. The zero-order chi connectivity index (χ0) is 29.6. The Labute approximate surface area is 247 Å². The molecule has 4 rings (SSSR count). The molecule has 10 heteroatoms. The number of rotatable bonds is 11. The third-order valence-electron chi connectivity index (χ3n) is 8.25. The minimum Gasteiger partial charge on any atom is -0.478 e. The highest BCUT2D eigenvalue weighted by atomic mass is 32.2. The molecule has 2 aromatic carbocycles. The lowest BCUT2D eigenvalue weighted by Gasteiger charge is -2.36. The molecule has 1 amide bonds. The average molecular weight is 601 g/mol. The summed E-state index contributed by atoms with van der Waals surface area (Å²) in [5, 5.41) is 12.0. The predicted molar refractivity (Wildman–Crippen MR) is 164 cm³/mol. The quantitative estimate of drug-likeness (QED) is 0.161. The standard InChI is InChI=1S/C31H40N2O6S2/c1-4-6-16-31(5-2)20-33(24-13-11-23(12-14-24)32-30(36)22-9-7-8-10-22)25-18-27(40-3)26(39-17-15-29(34)35)19-28(25)41(37,38)21-31/h11-15,17-19,22H,4-10,16,20-21H2,1-3H3,(H,32,36)(H,34,35)/b17-15+. The van der Waals surface area contributed by atoms with E-state index in [-0.39, 0.29) is 22.5 Å². The summed E-state index contributed by atoms with van der Waals surface area (Å²) in [6.07, 6.45) is 11.2. The van der Waals surface area contributed by atoms with Gasteiger partial charge in [-0.15, -0.1) is 11.8 Å². The maximum Gasteiger partial charge on any atom is 0.331 e. The van der Waals surface area contributed by atoms with E-state index in [0.717, 1.165) is 68.7 Å². The van der Waals surface area contributed by atoms with Crippen molar-refractivity contribution in [3.63, 3.8) is 0 Å². The second kappa shape index (κ2) is 13.3. The summed E-state index contributed by atoms with van der Waals surface area (Å²) in [7, 11) is -3.72. The van der Waals surface area contributed by atoms with Gasteiger partial charge in [0, 0.05) is 35.3 Å². The molecule has 0 saturated heterocycles. The van der Waals surface area contributed by atoms with Crippen LogP contribution >= 0.6 is 11.8 Å². The second-order valence-electron chi connectivity index (χ2n) is 11.0. The normalized spacial score (nSPS) is 20.5. The number of carboxylic acids is 1. The molecule has 0 aromatic heterocycles. The van der Waals surface area contributed by atoms with Crippen LogP contribution < -0.4 is 15.0 Å². The Morgan fingerprint density at radius 3 is 2.49 bits per heavy atom. The van der Waals surface area contributed by atoms with Crippen molar-refractivity contribution in [2.75, 3.05) is 28.8 Å². The summed E-state index contributed by atoms with van der Waals surface area (Å²) < 4.78 is 33.6. The van der Waals surface area contributed by atoms with Gasteiger partial charge < -0.3 is 20.1 Å². The van der Waals surface area contributed by atoms with Crippen LogP contribution in [-0.4, -0.2) is 44.0 Å². The number of hydrogen-bond donors (Lipinski definition) is 2. The van der Waals surface area contributed by atoms with Crippen molar-refractivity contribution in [1.82, 2.24) is 0 Å². The fourth-order valence-electron chi connectivity index (χ4n) is 5.84. The van der Waals surface area contributed by atoms with E-state index >= 15 is 0 Å². The van der Waals surface area contributed by atoms with Gasteiger partial charge >= 0.3 is 5.97 Å². The highest BCUT2D eigenvalue weighted by Crippen LogP contribution is 2.47. The molecular weight excluding hydrogens is 560 g/mol. The molecule has 1 saturated carbocycles. The molecule has 2 aliphatic rings. The van der Waals surface area contributed by atoms with Gasteiger partial charge in [-0.05, 0) is 62.3 Å². The number of benzene rings is 2. The number of nitrogens with one attached hydrogen (secondary N) is 1. The lowest BCUT2D eigenvalue weighted by Crippen LogP contribution is -2.37. The molecule has 2 N–H and O–H groups in total. The number of thioether (sulfide) groups is 1. The number of hydrogen-bond acceptors (Lipinski definition) is 7. The molecule has 8 nitrogen and oxygen atoms in total. The van der Waals surface area contributed by atoms with Crippen LogP contribution in [0.25, 0.3) is 0 Å². The molecule has 222 valence electrons. The minimum absolute atomic E-state index is 0.0124. The van der Waals surface area contributed by atoms with Crippen molar-refractivity contribution in [1.29, 1.82) is 0 Å². The monoisotopic (exact) mass is 600 g/mol. The highest BCUT2D eigenvalue weighted by molar-refractivity contribution is 7.98. The Balaban J connectivity index is 1.78. The number of anilines is 3. The largest absolute Gasteiger partial charge is 0.478 e. The molecule has 1 atom stereocenters. The van der Waals surface area contributed by atoms with Gasteiger partial charge in [0.1, 0.15) is 5.75 Å². The minimum atomic E-state index is -3.72. The number of unbranched alkanes of at least 4 members (excludes halogenated alkanes) is 1. The maximum atomic E-state index is 14.0. The topological polar surface area (TPSA) is 113 Å². The van der Waals surface area contributed by atoms with E-state index in [9.17, 15) is 18.0 Å². The third-order valence-corrected chi connectivity index (χ3v) is 11.0. The molecule has 1 aliphatic carbocycles. The Morgan fingerprint density at radius 2 is 1.88 bits per heavy atom. The van der Waals surface area contributed by atoms with Crippen LogP contribution in [0.15, 0.2) is 58.5 Å². The van der Waals surface area contributed by atoms with E-state index in [1.165, 1.54) is 17.8 Å². The van der Waals surface area contributed by atoms with Crippen molar-refractivity contribution < 1.29 is 27.9 Å². The van der Waals surface area contributed by atoms with Crippen molar-refractivity contribution >= 4 is 50.5 Å². The van der Waals surface area contributed by atoms with Gasteiger partial charge in [-0.2, -0.15) is 0 Å². The van der Waals surface area contributed by atoms with E-state index in [0.29, 0.717) is 29.3 Å². The molecule has 0 radical (unpaired) electrons. The fraction of sp³-hybridized carbons (Fsp3) is 0.484. The summed E-state index contributed by atoms with van der Waals surface area (Å²) in [6.45, 7) is 4.69. The molecule has 41 heavy (non-hydrogen) atoms. The number of sulfone groups is 1. The smallest absolute Gasteiger partial charge is 0.331 e. The highest BCUT2D eigenvalue weighted by Gasteiger charge is 2.42. The molecule has 0 bridgehead atoms. The zero-order valence-corrected chi connectivity index (χ0v) is 25.7. The Morgan fingerprint density at radius 1 is 1.17 bits per heavy atom. The fourth-order valence-corrected chi connectivity index (χ4v) is 8.55. The first-order valence-electron chi connectivity index (χ1n) is 14.3. The summed E-state index contributed by atoms with van der Waals surface area (Å²) in [5.41, 5.74) is 1.66. The van der Waals surface area contributed by atoms with Crippen LogP contribution in [0, 0.1) is 11.3 Å². The SMILES string of the molecule is CCCCC1(CC)CN(c2ccc(NC(=O)C3CCCC3)cc2)c2cc(SC)c(O/C=C/C(=O)O)cc2S(=O)(=O)C1. The summed E-state index contributed by atoms with van der Waals surface area (Å²) in [4.78, 5) is 26.6. The number of amides is 1. The van der Waals surface area contributed by atoms with E-state index in [1.54, 1.807) is 0 Å². The Bertz CT molecular complexity index is 1380. The average Bonchev–Trinajstić information content (AvgIpc) is 3.47. The molecule has 0 spiro atoms. The maximum absolute atomic E-state index is 14.0. The first-order valence-corrected chi connectivity index (χ1v) is 17.2. The summed E-state index contributed by atoms with van der Waals surface area (Å²) in [6, 6.07) is 11.0. The van der Waals surface area contributed by atoms with Crippen LogP contribution in [0.1, 0.15) is 65.2 Å². The van der Waals surface area contributed by atoms with Gasteiger partial charge in [0.2, 0.25) is 5.91 Å². The van der Waals surface area contributed by atoms with Gasteiger partial charge in [-0.3, -0.25) is 4.79 Å². The van der Waals surface area contributed by atoms with E-state index < -0.39 is 21.2 Å². The van der Waals surface area contributed by atoms with Crippen LogP contribution in [0.4, 0.5) is 17.1 Å². The van der Waals surface area contributed by atoms with Gasteiger partial charge in [-0.1, -0.05) is 39.5 Å². The molecule has 1 aliphatic heterocycles. The van der Waals surface area contributed by atoms with Crippen molar-refractivity contribution in [2.45, 2.75) is 75.0 Å². The van der Waals surface area contributed by atoms with Gasteiger partial charge in [0.05, 0.1) is 33.6 Å². The Hall–Kier alpha value is -2.98. The molecular formula is C31H40N2O6S2. The first kappa shape index (κ1) is 31.0.